The number of hydrogen-bond acceptors (Lipinski definition) is 6. The molecule has 8 heteroatoms. The molecule has 0 bridgehead atoms. The number of amides is 1. The van der Waals surface area contributed by atoms with E-state index in [1.807, 2.05) is 54.6 Å². The van der Waals surface area contributed by atoms with Crippen molar-refractivity contribution >= 4 is 42.3 Å². The Balaban J connectivity index is 1.30. The van der Waals surface area contributed by atoms with Crippen LogP contribution in [-0.2, 0) is 37.0 Å². The lowest BCUT2D eigenvalue weighted by atomic mass is 10.2. The van der Waals surface area contributed by atoms with Gasteiger partial charge in [-0.25, -0.2) is 14.4 Å². The lowest BCUT2D eigenvalue weighted by Crippen LogP contribution is -2.48. The van der Waals surface area contributed by atoms with E-state index < -0.39 is 44.5 Å². The highest BCUT2D eigenvalue weighted by atomic mass is 127. The van der Waals surface area contributed by atoms with E-state index >= 15 is 0 Å². The second-order valence-electron chi connectivity index (χ2n) is 7.35. The van der Waals surface area contributed by atoms with Crippen LogP contribution in [0.4, 0.5) is 4.79 Å². The summed E-state index contributed by atoms with van der Waals surface area (Å²) >= 11 is -1.02. The van der Waals surface area contributed by atoms with Gasteiger partial charge in [0.1, 0.15) is 6.61 Å². The summed E-state index contributed by atoms with van der Waals surface area (Å²) in [5.74, 6) is -2.12. The van der Waals surface area contributed by atoms with E-state index in [0.29, 0.717) is 19.4 Å². The van der Waals surface area contributed by atoms with Gasteiger partial charge in [0.2, 0.25) is 0 Å². The van der Waals surface area contributed by atoms with Gasteiger partial charge in [-0.3, -0.25) is 0 Å². The molecule has 1 N–H and O–H groups in total. The van der Waals surface area contributed by atoms with Crippen molar-refractivity contribution in [3.63, 3.8) is 0 Å². The zero-order chi connectivity index (χ0) is 21.7. The first-order chi connectivity index (χ1) is 15.0. The number of benzene rings is 2. The molecule has 162 valence electrons. The van der Waals surface area contributed by atoms with Crippen LogP contribution in [0.5, 0.6) is 0 Å². The quantitative estimate of drug-likeness (QED) is 0.463. The Kier molecular flexibility index (Phi) is 6.64. The summed E-state index contributed by atoms with van der Waals surface area (Å²) in [6.07, 6.45) is 2.43. The Hall–Kier alpha value is -2.75. The molecule has 0 atom stereocenters. The van der Waals surface area contributed by atoms with Gasteiger partial charge in [-0.2, -0.15) is 0 Å². The number of carbonyl (C=O) groups excluding carboxylic acids is 3. The molecule has 4 rings (SSSR count). The molecule has 1 spiro atoms. The van der Waals surface area contributed by atoms with E-state index in [0.717, 1.165) is 27.5 Å². The Labute approximate surface area is 189 Å². The van der Waals surface area contributed by atoms with Crippen molar-refractivity contribution in [1.29, 1.82) is 0 Å². The van der Waals surface area contributed by atoms with Crippen molar-refractivity contribution in [3.05, 3.63) is 69.3 Å². The minimum Gasteiger partial charge on any atom is -0.445 e. The summed E-state index contributed by atoms with van der Waals surface area (Å²) in [6.45, 7) is 0.525. The molecule has 31 heavy (non-hydrogen) atoms. The van der Waals surface area contributed by atoms with E-state index in [4.69, 9.17) is 14.2 Å². The summed E-state index contributed by atoms with van der Waals surface area (Å²) in [4.78, 5) is 36.6. The van der Waals surface area contributed by atoms with Crippen LogP contribution in [-0.4, -0.2) is 27.3 Å². The van der Waals surface area contributed by atoms with Crippen LogP contribution in [0.1, 0.15) is 36.8 Å². The first-order valence-electron chi connectivity index (χ1n) is 10.0. The third kappa shape index (κ3) is 5.49. The summed E-state index contributed by atoms with van der Waals surface area (Å²) in [5.41, 5.74) is 1.80. The minimum absolute atomic E-state index is 0.117. The van der Waals surface area contributed by atoms with Crippen molar-refractivity contribution in [1.82, 2.24) is 5.32 Å². The van der Waals surface area contributed by atoms with Gasteiger partial charge >= 0.3 is 18.0 Å². The third-order valence-corrected chi connectivity index (χ3v) is 7.81. The van der Waals surface area contributed by atoms with Gasteiger partial charge in [-0.1, -0.05) is 63.2 Å². The van der Waals surface area contributed by atoms with Crippen molar-refractivity contribution < 1.29 is 28.6 Å². The summed E-state index contributed by atoms with van der Waals surface area (Å²) < 4.78 is 17.2. The fourth-order valence-corrected chi connectivity index (χ4v) is 5.45. The van der Waals surface area contributed by atoms with Crippen LogP contribution < -0.4 is 5.32 Å². The van der Waals surface area contributed by atoms with Crippen LogP contribution in [0.15, 0.2) is 54.6 Å². The molecule has 1 aliphatic heterocycles. The normalized spacial score (nSPS) is 17.2. The zero-order valence-corrected chi connectivity index (χ0v) is 18.9. The average Bonchev–Trinajstić information content (AvgIpc) is 3.22. The highest BCUT2D eigenvalue weighted by Gasteiger charge is 2.48. The number of carbonyl (C=O) groups is 3. The largest absolute Gasteiger partial charge is 0.445 e. The number of nitrogens with one attached hydrogen (secondary N) is 1. The van der Waals surface area contributed by atoms with Gasteiger partial charge in [-0.15, -0.1) is 0 Å². The summed E-state index contributed by atoms with van der Waals surface area (Å²) in [5, 5.41) is 2.71. The molecule has 2 aromatic carbocycles. The van der Waals surface area contributed by atoms with Crippen molar-refractivity contribution in [2.75, 3.05) is 0 Å². The summed E-state index contributed by atoms with van der Waals surface area (Å²) in [6, 6.07) is 16.9. The zero-order valence-electron chi connectivity index (χ0n) is 16.8. The maximum atomic E-state index is 12.4. The van der Waals surface area contributed by atoms with Crippen molar-refractivity contribution in [2.45, 2.75) is 44.6 Å². The molecular weight excluding hydrogens is 513 g/mol. The van der Waals surface area contributed by atoms with Gasteiger partial charge in [0.15, 0.2) is 3.51 Å². The number of esters is 2. The number of ether oxygens (including phenoxy) is 3. The molecule has 1 heterocycles. The second kappa shape index (κ2) is 9.59. The lowest BCUT2D eigenvalue weighted by Gasteiger charge is -2.32. The second-order valence-corrected chi connectivity index (χ2v) is 10.2. The minimum atomic E-state index is -1.04. The molecule has 0 aromatic heterocycles. The molecule has 2 fully saturated rings. The van der Waals surface area contributed by atoms with Crippen LogP contribution in [0, 0.1) is 3.57 Å². The van der Waals surface area contributed by atoms with Crippen LogP contribution >= 0.6 is 20.7 Å². The fourth-order valence-electron chi connectivity index (χ4n) is 3.45. The van der Waals surface area contributed by atoms with Gasteiger partial charge in [0, 0.05) is 23.0 Å². The standard InChI is InChI=1S/C23H22INO6/c26-20-19(21(27)31-23(30-20)12-4-5-13-23)24-18-10-8-16(9-11-18)14-25-22(28)29-15-17-6-2-1-3-7-17/h1-3,6-11H,4-5,12-15H2,(H,25,28). The maximum absolute atomic E-state index is 12.4. The number of hydrogen-bond donors (Lipinski definition) is 1. The van der Waals surface area contributed by atoms with Gasteiger partial charge in [0.05, 0.1) is 0 Å². The molecule has 1 saturated carbocycles. The van der Waals surface area contributed by atoms with E-state index in [2.05, 4.69) is 5.32 Å². The first kappa shape index (κ1) is 21.5. The van der Waals surface area contributed by atoms with Crippen LogP contribution in [0.3, 0.4) is 0 Å². The highest BCUT2D eigenvalue weighted by molar-refractivity contribution is 14.2. The molecule has 7 nitrogen and oxygen atoms in total. The van der Waals surface area contributed by atoms with Crippen LogP contribution in [0.2, 0.25) is 0 Å². The van der Waals surface area contributed by atoms with Gasteiger partial charge in [0.25, 0.3) is 5.79 Å². The number of alkyl carbamates (subject to hydrolysis) is 1. The first-order valence-corrected chi connectivity index (χ1v) is 12.2. The predicted molar refractivity (Wildman–Crippen MR) is 121 cm³/mol. The third-order valence-electron chi connectivity index (χ3n) is 5.05. The van der Waals surface area contributed by atoms with Crippen molar-refractivity contribution in [3.8, 4) is 0 Å². The molecule has 0 radical (unpaired) electrons. The average molecular weight is 535 g/mol. The molecule has 0 unspecified atom stereocenters. The molecule has 2 aromatic rings. The SMILES string of the molecule is O=C(NCc1ccc(I=C2C(=O)OC3(CCCC3)OC2=O)cc1)OCc1ccccc1. The van der Waals surface area contributed by atoms with E-state index in [9.17, 15) is 14.4 Å². The maximum Gasteiger partial charge on any atom is 0.407 e. The Bertz CT molecular complexity index is 974. The Morgan fingerprint density at radius 2 is 1.58 bits per heavy atom. The van der Waals surface area contributed by atoms with E-state index in [-0.39, 0.29) is 10.1 Å². The highest BCUT2D eigenvalue weighted by Crippen LogP contribution is 2.37. The lowest BCUT2D eigenvalue weighted by molar-refractivity contribution is -0.224. The van der Waals surface area contributed by atoms with Gasteiger partial charge in [-0.05, 0) is 36.1 Å². The molecular formula is C23H22INO6. The van der Waals surface area contributed by atoms with E-state index in [1.54, 1.807) is 0 Å². The predicted octanol–water partition coefficient (Wildman–Crippen LogP) is 3.80. The number of halogens is 1. The Morgan fingerprint density at radius 3 is 2.23 bits per heavy atom. The molecule has 2 aliphatic rings. The van der Waals surface area contributed by atoms with E-state index in [1.165, 1.54) is 0 Å². The van der Waals surface area contributed by atoms with Crippen molar-refractivity contribution in [2.24, 2.45) is 0 Å². The number of rotatable bonds is 5. The molecule has 1 saturated heterocycles. The van der Waals surface area contributed by atoms with Crippen LogP contribution in [0.25, 0.3) is 0 Å². The Morgan fingerprint density at radius 1 is 0.935 bits per heavy atom. The van der Waals surface area contributed by atoms with Gasteiger partial charge < -0.3 is 19.5 Å². The smallest absolute Gasteiger partial charge is 0.407 e. The molecule has 1 aliphatic carbocycles. The fraction of sp³-hybridized carbons (Fsp3) is 0.304. The summed E-state index contributed by atoms with van der Waals surface area (Å²) in [7, 11) is 0. The topological polar surface area (TPSA) is 90.9 Å². The monoisotopic (exact) mass is 535 g/mol. The molecule has 1 amide bonds.